The lowest BCUT2D eigenvalue weighted by Gasteiger charge is -2.09. The van der Waals surface area contributed by atoms with Gasteiger partial charge in [-0.15, -0.1) is 0 Å². The van der Waals surface area contributed by atoms with Crippen molar-refractivity contribution in [3.05, 3.63) is 46.6 Å². The highest BCUT2D eigenvalue weighted by molar-refractivity contribution is 6.30. The lowest BCUT2D eigenvalue weighted by atomic mass is 10.1. The van der Waals surface area contributed by atoms with Crippen LogP contribution in [0, 0.1) is 0 Å². The van der Waals surface area contributed by atoms with Gasteiger partial charge in [0.2, 0.25) is 11.9 Å². The molecule has 29 heavy (non-hydrogen) atoms. The summed E-state index contributed by atoms with van der Waals surface area (Å²) >= 11 is 6.02. The molecule has 10 heteroatoms. The average molecular weight is 411 g/mol. The van der Waals surface area contributed by atoms with Gasteiger partial charge >= 0.3 is 6.01 Å². The van der Waals surface area contributed by atoms with E-state index in [0.29, 0.717) is 39.5 Å². The van der Waals surface area contributed by atoms with Crippen LogP contribution < -0.4 is 15.4 Å². The normalized spacial score (nSPS) is 17.8. The Bertz CT molecular complexity index is 1180. The molecule has 1 aliphatic carbocycles. The van der Waals surface area contributed by atoms with Crippen molar-refractivity contribution in [2.45, 2.75) is 25.3 Å². The fourth-order valence-corrected chi connectivity index (χ4v) is 3.15. The molecule has 0 atom stereocenters. The summed E-state index contributed by atoms with van der Waals surface area (Å²) in [5.74, 6) is 0.258. The van der Waals surface area contributed by atoms with Crippen molar-refractivity contribution in [3.63, 3.8) is 0 Å². The second-order valence-corrected chi connectivity index (χ2v) is 7.30. The standard InChI is InChI=1S/C19H15ClN6O3/c20-12-2-1-3-14(8-12)29-19-24-16-11(6-10-7-15(27)23-17(10)28)9-21-26(16)18(25-19)22-13-4-5-13/h1-3,6,8-9,13H,4-5,7H2,(H,22,24,25)(H,23,27,28)/b10-6+. The zero-order chi connectivity index (χ0) is 20.0. The van der Waals surface area contributed by atoms with Crippen molar-refractivity contribution < 1.29 is 14.3 Å². The van der Waals surface area contributed by atoms with Gasteiger partial charge in [0.1, 0.15) is 5.75 Å². The van der Waals surface area contributed by atoms with Crippen molar-refractivity contribution >= 4 is 41.1 Å². The highest BCUT2D eigenvalue weighted by atomic mass is 35.5. The van der Waals surface area contributed by atoms with E-state index in [1.54, 1.807) is 41.1 Å². The van der Waals surface area contributed by atoms with E-state index in [4.69, 9.17) is 16.3 Å². The lowest BCUT2D eigenvalue weighted by molar-refractivity contribution is -0.124. The van der Waals surface area contributed by atoms with Crippen molar-refractivity contribution in [3.8, 4) is 11.8 Å². The molecular formula is C19H15ClN6O3. The zero-order valence-corrected chi connectivity index (χ0v) is 15.8. The summed E-state index contributed by atoms with van der Waals surface area (Å²) in [5, 5.41) is 10.4. The number of carbonyl (C=O) groups is 2. The summed E-state index contributed by atoms with van der Waals surface area (Å²) in [4.78, 5) is 32.3. The Kier molecular flexibility index (Phi) is 4.17. The fraction of sp³-hybridized carbons (Fsp3) is 0.211. The second kappa shape index (κ2) is 6.85. The number of imide groups is 1. The molecule has 1 aliphatic heterocycles. The van der Waals surface area contributed by atoms with E-state index in [0.717, 1.165) is 12.8 Å². The van der Waals surface area contributed by atoms with Crippen LogP contribution in [0.5, 0.6) is 11.8 Å². The van der Waals surface area contributed by atoms with E-state index >= 15 is 0 Å². The Labute approximate surface area is 169 Å². The molecule has 1 saturated carbocycles. The van der Waals surface area contributed by atoms with Gasteiger partial charge in [-0.25, -0.2) is 0 Å². The number of amides is 2. The number of aromatic nitrogens is 4. The van der Waals surface area contributed by atoms with Gasteiger partial charge in [-0.1, -0.05) is 17.7 Å². The van der Waals surface area contributed by atoms with Crippen molar-refractivity contribution in [2.24, 2.45) is 0 Å². The number of anilines is 1. The number of rotatable bonds is 5. The summed E-state index contributed by atoms with van der Waals surface area (Å²) in [7, 11) is 0. The van der Waals surface area contributed by atoms with Crippen LogP contribution in [0.25, 0.3) is 11.7 Å². The number of halogens is 1. The van der Waals surface area contributed by atoms with Crippen LogP contribution in [0.4, 0.5) is 5.95 Å². The van der Waals surface area contributed by atoms with E-state index in [1.165, 1.54) is 0 Å². The molecule has 0 radical (unpaired) electrons. The third-order valence-corrected chi connectivity index (χ3v) is 4.75. The van der Waals surface area contributed by atoms with Crippen LogP contribution in [0.3, 0.4) is 0 Å². The maximum absolute atomic E-state index is 11.9. The first kappa shape index (κ1) is 17.6. The number of carbonyl (C=O) groups excluding carboxylic acids is 2. The molecule has 3 heterocycles. The number of ether oxygens (including phenoxy) is 1. The molecule has 0 unspecified atom stereocenters. The van der Waals surface area contributed by atoms with Crippen LogP contribution in [-0.4, -0.2) is 37.4 Å². The van der Waals surface area contributed by atoms with Crippen LogP contribution in [0.2, 0.25) is 5.02 Å². The quantitative estimate of drug-likeness (QED) is 0.491. The molecule has 2 amide bonds. The first-order valence-corrected chi connectivity index (χ1v) is 9.43. The molecule has 2 aliphatic rings. The van der Waals surface area contributed by atoms with Crippen LogP contribution >= 0.6 is 11.6 Å². The minimum atomic E-state index is -0.407. The Morgan fingerprint density at radius 1 is 1.28 bits per heavy atom. The molecule has 2 N–H and O–H groups in total. The van der Waals surface area contributed by atoms with Crippen LogP contribution in [-0.2, 0) is 9.59 Å². The van der Waals surface area contributed by atoms with Crippen molar-refractivity contribution in [1.29, 1.82) is 0 Å². The maximum atomic E-state index is 11.9. The van der Waals surface area contributed by atoms with E-state index in [1.807, 2.05) is 0 Å². The highest BCUT2D eigenvalue weighted by Crippen LogP contribution is 2.28. The Morgan fingerprint density at radius 2 is 2.14 bits per heavy atom. The van der Waals surface area contributed by atoms with Crippen molar-refractivity contribution in [1.82, 2.24) is 24.9 Å². The largest absolute Gasteiger partial charge is 0.424 e. The molecule has 5 rings (SSSR count). The van der Waals surface area contributed by atoms with Crippen molar-refractivity contribution in [2.75, 3.05) is 5.32 Å². The Balaban J connectivity index is 1.57. The average Bonchev–Trinajstić information content (AvgIpc) is 3.31. The van der Waals surface area contributed by atoms with Gasteiger partial charge in [-0.05, 0) is 37.1 Å². The Morgan fingerprint density at radius 3 is 2.86 bits per heavy atom. The molecule has 2 aromatic heterocycles. The predicted octanol–water partition coefficient (Wildman–Crippen LogP) is 2.57. The van der Waals surface area contributed by atoms with Gasteiger partial charge in [0, 0.05) is 22.2 Å². The summed E-state index contributed by atoms with van der Waals surface area (Å²) in [5.41, 5.74) is 1.40. The fourth-order valence-electron chi connectivity index (χ4n) is 2.97. The van der Waals surface area contributed by atoms with Crippen LogP contribution in [0.1, 0.15) is 24.8 Å². The SMILES string of the molecule is O=C1C/C(=C\c2cnn3c(NC4CC4)nc(Oc4cccc(Cl)c4)nc23)C(=O)N1. The van der Waals surface area contributed by atoms with Gasteiger partial charge in [0.05, 0.1) is 12.6 Å². The molecule has 9 nitrogen and oxygen atoms in total. The third kappa shape index (κ3) is 3.64. The van der Waals surface area contributed by atoms with E-state index in [2.05, 4.69) is 25.7 Å². The lowest BCUT2D eigenvalue weighted by Crippen LogP contribution is -2.19. The molecular weight excluding hydrogens is 396 g/mol. The van der Waals surface area contributed by atoms with Gasteiger partial charge in [-0.3, -0.25) is 14.9 Å². The molecule has 0 spiro atoms. The van der Waals surface area contributed by atoms with E-state index < -0.39 is 5.91 Å². The first-order chi connectivity index (χ1) is 14.0. The van der Waals surface area contributed by atoms with Crippen LogP contribution in [0.15, 0.2) is 36.0 Å². The van der Waals surface area contributed by atoms with E-state index in [9.17, 15) is 9.59 Å². The predicted molar refractivity (Wildman–Crippen MR) is 105 cm³/mol. The number of hydrogen-bond donors (Lipinski definition) is 2. The molecule has 0 bridgehead atoms. The monoisotopic (exact) mass is 410 g/mol. The van der Waals surface area contributed by atoms with Gasteiger partial charge < -0.3 is 10.1 Å². The zero-order valence-electron chi connectivity index (χ0n) is 15.1. The summed E-state index contributed by atoms with van der Waals surface area (Å²) in [6.45, 7) is 0. The second-order valence-electron chi connectivity index (χ2n) is 6.87. The molecule has 3 aromatic rings. The maximum Gasteiger partial charge on any atom is 0.327 e. The summed E-state index contributed by atoms with van der Waals surface area (Å²) < 4.78 is 7.36. The number of hydrogen-bond acceptors (Lipinski definition) is 7. The van der Waals surface area contributed by atoms with Gasteiger partial charge in [-0.2, -0.15) is 19.6 Å². The Hall–Kier alpha value is -3.46. The number of benzene rings is 1. The number of nitrogens with zero attached hydrogens (tertiary/aromatic N) is 4. The molecule has 1 saturated heterocycles. The summed E-state index contributed by atoms with van der Waals surface area (Å²) in [6.07, 6.45) is 5.32. The van der Waals surface area contributed by atoms with Gasteiger partial charge in [0.15, 0.2) is 5.65 Å². The first-order valence-electron chi connectivity index (χ1n) is 9.05. The summed E-state index contributed by atoms with van der Waals surface area (Å²) in [6, 6.07) is 7.38. The minimum absolute atomic E-state index is 0.0281. The van der Waals surface area contributed by atoms with Gasteiger partial charge in [0.25, 0.3) is 5.91 Å². The highest BCUT2D eigenvalue weighted by Gasteiger charge is 2.26. The smallest absolute Gasteiger partial charge is 0.327 e. The number of fused-ring (bicyclic) bond motifs is 1. The molecule has 2 fully saturated rings. The molecule has 1 aromatic carbocycles. The topological polar surface area (TPSA) is 111 Å². The minimum Gasteiger partial charge on any atom is -0.424 e. The molecule has 146 valence electrons. The third-order valence-electron chi connectivity index (χ3n) is 4.52. The number of nitrogens with one attached hydrogen (secondary N) is 2. The van der Waals surface area contributed by atoms with E-state index in [-0.39, 0.29) is 18.3 Å².